The summed E-state index contributed by atoms with van der Waals surface area (Å²) >= 11 is 0. The predicted octanol–water partition coefficient (Wildman–Crippen LogP) is 21.8. The first kappa shape index (κ1) is 48.7. The fourth-order valence-electron chi connectivity index (χ4n) is 12.8. The second kappa shape index (κ2) is 20.4. The molecule has 0 aliphatic rings. The van der Waals surface area contributed by atoms with Crippen molar-refractivity contribution >= 4 is 54.5 Å². The van der Waals surface area contributed by atoms with Crippen LogP contribution in [0.5, 0.6) is 0 Å². The second-order valence-electron chi connectivity index (χ2n) is 21.9. The SMILES string of the molecule is c1ccc(-c2cc(-c3ccccc3)cc(-c3cc(-c4cccc(-c5cccc(-c6cccc(-n7c8ccccc8c8ccccc87)c6)c5)c4)nc4ccc(-c5cccc(-c6cccc(-n7c8ccccc8c8ccccc87)c6)c5)cc34)c2)cc1. The Morgan fingerprint density at radius 2 is 0.512 bits per heavy atom. The van der Waals surface area contributed by atoms with Crippen LogP contribution in [-0.2, 0) is 0 Å². The zero-order chi connectivity index (χ0) is 55.5. The summed E-state index contributed by atoms with van der Waals surface area (Å²) in [5, 5.41) is 6.11. The van der Waals surface area contributed by atoms with Crippen LogP contribution in [0.2, 0.25) is 0 Å². The molecule has 0 aliphatic heterocycles. The summed E-state index contributed by atoms with van der Waals surface area (Å²) in [7, 11) is 0. The van der Waals surface area contributed by atoms with E-state index >= 15 is 0 Å². The molecule has 13 aromatic carbocycles. The van der Waals surface area contributed by atoms with Crippen LogP contribution in [0.4, 0.5) is 0 Å². The number of nitrogens with zero attached hydrogens (tertiary/aromatic N) is 3. The molecule has 84 heavy (non-hydrogen) atoms. The molecule has 3 heterocycles. The third kappa shape index (κ3) is 8.66. The molecule has 0 fully saturated rings. The van der Waals surface area contributed by atoms with E-state index in [9.17, 15) is 0 Å². The second-order valence-corrected chi connectivity index (χ2v) is 21.9. The highest BCUT2D eigenvalue weighted by Gasteiger charge is 2.18. The minimum Gasteiger partial charge on any atom is -0.309 e. The molecule has 0 saturated heterocycles. The van der Waals surface area contributed by atoms with Crippen LogP contribution in [0.15, 0.2) is 322 Å². The van der Waals surface area contributed by atoms with Gasteiger partial charge in [0.05, 0.1) is 33.3 Å². The van der Waals surface area contributed by atoms with E-state index in [1.807, 2.05) is 0 Å². The summed E-state index contributed by atoms with van der Waals surface area (Å²) < 4.78 is 4.78. The van der Waals surface area contributed by atoms with Gasteiger partial charge >= 0.3 is 0 Å². The van der Waals surface area contributed by atoms with Gasteiger partial charge in [-0.3, -0.25) is 0 Å². The number of benzene rings is 13. The molecule has 0 aliphatic carbocycles. The van der Waals surface area contributed by atoms with E-state index in [-0.39, 0.29) is 0 Å². The van der Waals surface area contributed by atoms with Crippen LogP contribution < -0.4 is 0 Å². The lowest BCUT2D eigenvalue weighted by atomic mass is 9.90. The zero-order valence-corrected chi connectivity index (χ0v) is 45.9. The average Bonchev–Trinajstić information content (AvgIpc) is 2.84. The van der Waals surface area contributed by atoms with E-state index in [0.29, 0.717) is 0 Å². The van der Waals surface area contributed by atoms with Crippen LogP contribution in [0.3, 0.4) is 0 Å². The van der Waals surface area contributed by atoms with E-state index in [1.54, 1.807) is 0 Å². The summed E-state index contributed by atoms with van der Waals surface area (Å²) in [6.07, 6.45) is 0. The molecule has 16 aromatic rings. The molecule has 0 amide bonds. The highest BCUT2D eigenvalue weighted by molar-refractivity contribution is 6.10. The van der Waals surface area contributed by atoms with Crippen molar-refractivity contribution in [3.63, 3.8) is 0 Å². The van der Waals surface area contributed by atoms with Gasteiger partial charge in [-0.05, 0) is 181 Å². The van der Waals surface area contributed by atoms with Crippen molar-refractivity contribution in [1.29, 1.82) is 0 Å². The minimum atomic E-state index is 0.915. The Balaban J connectivity index is 0.806. The summed E-state index contributed by atoms with van der Waals surface area (Å²) in [6.45, 7) is 0. The van der Waals surface area contributed by atoms with Gasteiger partial charge < -0.3 is 9.13 Å². The maximum absolute atomic E-state index is 5.54. The molecular formula is C81H53N3. The number of hydrogen-bond acceptors (Lipinski definition) is 1. The number of hydrogen-bond donors (Lipinski definition) is 0. The smallest absolute Gasteiger partial charge is 0.0716 e. The first-order chi connectivity index (χ1) is 41.6. The van der Waals surface area contributed by atoms with Gasteiger partial charge in [-0.1, -0.05) is 218 Å². The molecule has 3 aromatic heterocycles. The van der Waals surface area contributed by atoms with E-state index in [2.05, 4.69) is 331 Å². The molecule has 0 bridgehead atoms. The lowest BCUT2D eigenvalue weighted by molar-refractivity contribution is 1.18. The first-order valence-electron chi connectivity index (χ1n) is 28.8. The number of aromatic nitrogens is 3. The highest BCUT2D eigenvalue weighted by Crippen LogP contribution is 2.42. The van der Waals surface area contributed by atoms with Crippen LogP contribution >= 0.6 is 0 Å². The zero-order valence-electron chi connectivity index (χ0n) is 45.9. The molecule has 0 spiro atoms. The van der Waals surface area contributed by atoms with Gasteiger partial charge in [0.1, 0.15) is 0 Å². The molecule has 0 unspecified atom stereocenters. The summed E-state index contributed by atoms with van der Waals surface area (Å²) in [6, 6.07) is 117. The van der Waals surface area contributed by atoms with Crippen LogP contribution in [0.25, 0.3) is 155 Å². The summed E-state index contributed by atoms with van der Waals surface area (Å²) in [5.74, 6) is 0. The van der Waals surface area contributed by atoms with Crippen molar-refractivity contribution in [2.24, 2.45) is 0 Å². The molecule has 0 N–H and O–H groups in total. The largest absolute Gasteiger partial charge is 0.309 e. The van der Waals surface area contributed by atoms with Crippen LogP contribution in [-0.4, -0.2) is 14.1 Å². The molecule has 0 saturated carbocycles. The van der Waals surface area contributed by atoms with Gasteiger partial charge in [0.25, 0.3) is 0 Å². The standard InChI is InChI=1S/C81H53N3/c1-3-20-54(21-4-1)65-47-66(55-22-5-2-6-23-55)49-67(48-65)74-53-77(64-31-17-28-60(46-64)56-24-15-25-57(44-56)61-29-18-32-68(50-61)83-78-38-11-7-34-70(78)71-35-8-12-39-79(71)83)82-76-43-42-63(52-75(74)76)59-27-16-26-58(45-59)62-30-19-33-69(51-62)84-80-40-13-9-36-72(80)73-37-10-14-41-81(73)84/h1-53H. The molecule has 0 atom stereocenters. The number of pyridine rings is 1. The highest BCUT2D eigenvalue weighted by atomic mass is 15.0. The Morgan fingerprint density at radius 3 is 0.952 bits per heavy atom. The molecule has 3 nitrogen and oxygen atoms in total. The maximum Gasteiger partial charge on any atom is 0.0716 e. The van der Waals surface area contributed by atoms with Gasteiger partial charge in [0.15, 0.2) is 0 Å². The van der Waals surface area contributed by atoms with E-state index in [0.717, 1.165) is 100 Å². The van der Waals surface area contributed by atoms with Crippen molar-refractivity contribution in [1.82, 2.24) is 14.1 Å². The molecular weight excluding hydrogens is 1010 g/mol. The average molecular weight is 1070 g/mol. The lowest BCUT2D eigenvalue weighted by Crippen LogP contribution is -1.94. The Labute approximate surface area is 487 Å². The molecule has 3 heteroatoms. The number of fused-ring (bicyclic) bond motifs is 7. The molecule has 16 rings (SSSR count). The van der Waals surface area contributed by atoms with Crippen molar-refractivity contribution in [3.8, 4) is 101 Å². The van der Waals surface area contributed by atoms with Gasteiger partial charge in [-0.15, -0.1) is 0 Å². The van der Waals surface area contributed by atoms with Crippen molar-refractivity contribution in [2.45, 2.75) is 0 Å². The normalized spacial score (nSPS) is 11.6. The monoisotopic (exact) mass is 1070 g/mol. The van der Waals surface area contributed by atoms with Crippen LogP contribution in [0, 0.1) is 0 Å². The Bertz CT molecular complexity index is 5030. The third-order valence-electron chi connectivity index (χ3n) is 16.9. The first-order valence-corrected chi connectivity index (χ1v) is 28.8. The summed E-state index contributed by atoms with van der Waals surface area (Å²) in [5.41, 5.74) is 26.1. The minimum absolute atomic E-state index is 0.915. The fraction of sp³-hybridized carbons (Fsp3) is 0. The summed E-state index contributed by atoms with van der Waals surface area (Å²) in [4.78, 5) is 5.54. The maximum atomic E-state index is 5.54. The molecule has 0 radical (unpaired) electrons. The Kier molecular flexibility index (Phi) is 11.9. The number of rotatable bonds is 10. The third-order valence-corrected chi connectivity index (χ3v) is 16.9. The quantitative estimate of drug-likeness (QED) is 0.134. The lowest BCUT2D eigenvalue weighted by Gasteiger charge is -2.16. The topological polar surface area (TPSA) is 22.8 Å². The van der Waals surface area contributed by atoms with Gasteiger partial charge in [-0.25, -0.2) is 4.98 Å². The van der Waals surface area contributed by atoms with Crippen molar-refractivity contribution < 1.29 is 0 Å². The van der Waals surface area contributed by atoms with E-state index in [1.165, 1.54) is 54.7 Å². The van der Waals surface area contributed by atoms with Crippen LogP contribution in [0.1, 0.15) is 0 Å². The van der Waals surface area contributed by atoms with E-state index < -0.39 is 0 Å². The Morgan fingerprint density at radius 1 is 0.190 bits per heavy atom. The number of para-hydroxylation sites is 4. The van der Waals surface area contributed by atoms with Gasteiger partial charge in [0, 0.05) is 43.9 Å². The Hall–Kier alpha value is -11.1. The van der Waals surface area contributed by atoms with Gasteiger partial charge in [0.2, 0.25) is 0 Å². The van der Waals surface area contributed by atoms with Crippen molar-refractivity contribution in [3.05, 3.63) is 322 Å². The van der Waals surface area contributed by atoms with E-state index in [4.69, 9.17) is 4.98 Å². The molecule has 392 valence electrons. The fourth-order valence-corrected chi connectivity index (χ4v) is 12.8. The predicted molar refractivity (Wildman–Crippen MR) is 354 cm³/mol. The van der Waals surface area contributed by atoms with Gasteiger partial charge in [-0.2, -0.15) is 0 Å². The van der Waals surface area contributed by atoms with Crippen molar-refractivity contribution in [2.75, 3.05) is 0 Å².